The molecule has 0 aromatic heterocycles. The summed E-state index contributed by atoms with van der Waals surface area (Å²) in [5.41, 5.74) is 4.98. The number of hydrogen-bond acceptors (Lipinski definition) is 2. The van der Waals surface area contributed by atoms with E-state index in [-0.39, 0.29) is 49.1 Å². The van der Waals surface area contributed by atoms with Gasteiger partial charge in [-0.05, 0) is 53.8 Å². The summed E-state index contributed by atoms with van der Waals surface area (Å²) in [6.45, 7) is 0.0829. The number of rotatable bonds is 9. The SMILES string of the molecule is Cl.NCCC(COCc1cc(C(F)(F)F)cc(C(F)(F)F)c1)C(c1ccccc1)c1ccccc1. The average Bonchev–Trinajstić information content (AvgIpc) is 2.79. The van der Waals surface area contributed by atoms with Gasteiger partial charge in [-0.15, -0.1) is 12.4 Å². The van der Waals surface area contributed by atoms with Crippen molar-refractivity contribution in [3.8, 4) is 0 Å². The van der Waals surface area contributed by atoms with Gasteiger partial charge in [-0.2, -0.15) is 26.3 Å². The molecule has 3 aromatic rings. The van der Waals surface area contributed by atoms with Gasteiger partial charge in [0.1, 0.15) is 0 Å². The van der Waals surface area contributed by atoms with Crippen LogP contribution in [0.2, 0.25) is 0 Å². The third-order valence-electron chi connectivity index (χ3n) is 5.57. The molecule has 0 aliphatic carbocycles. The van der Waals surface area contributed by atoms with Gasteiger partial charge in [-0.1, -0.05) is 60.7 Å². The minimum Gasteiger partial charge on any atom is -0.376 e. The summed E-state index contributed by atoms with van der Waals surface area (Å²) in [4.78, 5) is 0. The van der Waals surface area contributed by atoms with Crippen molar-refractivity contribution in [3.05, 3.63) is 107 Å². The minimum atomic E-state index is -4.90. The van der Waals surface area contributed by atoms with Crippen molar-refractivity contribution < 1.29 is 31.1 Å². The van der Waals surface area contributed by atoms with Crippen LogP contribution in [0.3, 0.4) is 0 Å². The van der Waals surface area contributed by atoms with Gasteiger partial charge in [0.25, 0.3) is 0 Å². The van der Waals surface area contributed by atoms with Crippen LogP contribution in [0, 0.1) is 5.92 Å². The predicted molar refractivity (Wildman–Crippen MR) is 125 cm³/mol. The Labute approximate surface area is 206 Å². The average molecular weight is 518 g/mol. The van der Waals surface area contributed by atoms with Gasteiger partial charge >= 0.3 is 12.4 Å². The summed E-state index contributed by atoms with van der Waals surface area (Å²) in [6, 6.07) is 20.8. The van der Waals surface area contributed by atoms with Crippen molar-refractivity contribution in [1.29, 1.82) is 0 Å². The Bertz CT molecular complexity index is 969. The normalized spacial score (nSPS) is 12.9. The van der Waals surface area contributed by atoms with Crippen molar-refractivity contribution in [1.82, 2.24) is 0 Å². The number of hydrogen-bond donors (Lipinski definition) is 1. The maximum absolute atomic E-state index is 13.1. The van der Waals surface area contributed by atoms with E-state index in [9.17, 15) is 26.3 Å². The fraction of sp³-hybridized carbons (Fsp3) is 0.308. The number of ether oxygens (including phenoxy) is 1. The van der Waals surface area contributed by atoms with E-state index < -0.39 is 23.5 Å². The van der Waals surface area contributed by atoms with Gasteiger partial charge in [0.2, 0.25) is 0 Å². The molecule has 35 heavy (non-hydrogen) atoms. The van der Waals surface area contributed by atoms with Gasteiger partial charge in [-0.3, -0.25) is 0 Å². The van der Waals surface area contributed by atoms with Crippen LogP contribution < -0.4 is 5.73 Å². The summed E-state index contributed by atoms with van der Waals surface area (Å²) in [5.74, 6) is -0.235. The van der Waals surface area contributed by atoms with E-state index in [1.165, 1.54) is 0 Å². The molecule has 0 spiro atoms. The first-order valence-corrected chi connectivity index (χ1v) is 10.8. The zero-order chi connectivity index (χ0) is 24.8. The number of alkyl halides is 6. The molecule has 190 valence electrons. The summed E-state index contributed by atoms with van der Waals surface area (Å²) in [7, 11) is 0. The molecule has 0 aliphatic rings. The minimum absolute atomic E-state index is 0. The third kappa shape index (κ3) is 7.98. The standard InChI is InChI=1S/C26H25F6NO.ClH/c27-25(28,29)22-13-18(14-23(15-22)26(30,31)32)16-34-17-21(11-12-33)24(19-7-3-1-4-8-19)20-9-5-2-6-10-20;/h1-10,13-15,21,24H,11-12,16-17,33H2;1H. The molecule has 0 saturated carbocycles. The van der Waals surface area contributed by atoms with Crippen molar-refractivity contribution >= 4 is 12.4 Å². The Morgan fingerprint density at radius 1 is 0.714 bits per heavy atom. The molecule has 2 nitrogen and oxygen atoms in total. The van der Waals surface area contributed by atoms with E-state index in [2.05, 4.69) is 0 Å². The van der Waals surface area contributed by atoms with E-state index in [0.717, 1.165) is 11.1 Å². The molecular formula is C26H26ClF6NO. The quantitative estimate of drug-likeness (QED) is 0.299. The summed E-state index contributed by atoms with van der Waals surface area (Å²) in [5, 5.41) is 0. The predicted octanol–water partition coefficient (Wildman–Crippen LogP) is 7.46. The molecule has 3 aromatic carbocycles. The van der Waals surface area contributed by atoms with Crippen LogP contribution in [0.1, 0.15) is 40.2 Å². The second kappa shape index (κ2) is 12.4. The molecule has 0 radical (unpaired) electrons. The number of halogens is 7. The molecule has 0 amide bonds. The molecular weight excluding hydrogens is 492 g/mol. The molecule has 0 aliphatic heterocycles. The number of benzene rings is 3. The van der Waals surface area contributed by atoms with E-state index in [0.29, 0.717) is 25.1 Å². The smallest absolute Gasteiger partial charge is 0.376 e. The van der Waals surface area contributed by atoms with Gasteiger partial charge < -0.3 is 10.5 Å². The topological polar surface area (TPSA) is 35.2 Å². The first-order chi connectivity index (χ1) is 16.1. The van der Waals surface area contributed by atoms with Crippen LogP contribution in [0.25, 0.3) is 0 Å². The third-order valence-corrected chi connectivity index (χ3v) is 5.57. The highest BCUT2D eigenvalue weighted by Crippen LogP contribution is 2.37. The van der Waals surface area contributed by atoms with Crippen LogP contribution in [0.5, 0.6) is 0 Å². The lowest BCUT2D eigenvalue weighted by Gasteiger charge is -2.28. The largest absolute Gasteiger partial charge is 0.416 e. The van der Waals surface area contributed by atoms with Crippen LogP contribution >= 0.6 is 12.4 Å². The van der Waals surface area contributed by atoms with Gasteiger partial charge in [0.15, 0.2) is 0 Å². The summed E-state index contributed by atoms with van der Waals surface area (Å²) < 4.78 is 84.6. The lowest BCUT2D eigenvalue weighted by Crippen LogP contribution is -2.23. The van der Waals surface area contributed by atoms with Gasteiger partial charge in [0.05, 0.1) is 24.3 Å². The molecule has 0 fully saturated rings. The first-order valence-electron chi connectivity index (χ1n) is 10.8. The zero-order valence-corrected chi connectivity index (χ0v) is 19.5. The van der Waals surface area contributed by atoms with E-state index in [4.69, 9.17) is 10.5 Å². The number of nitrogens with two attached hydrogens (primary N) is 1. The molecule has 0 heterocycles. The zero-order valence-electron chi connectivity index (χ0n) is 18.7. The molecule has 1 unspecified atom stereocenters. The highest BCUT2D eigenvalue weighted by atomic mass is 35.5. The summed E-state index contributed by atoms with van der Waals surface area (Å²) in [6.07, 6.45) is -9.24. The highest BCUT2D eigenvalue weighted by Gasteiger charge is 2.37. The molecule has 0 bridgehead atoms. The van der Waals surface area contributed by atoms with Gasteiger partial charge in [-0.25, -0.2) is 0 Å². The maximum Gasteiger partial charge on any atom is 0.416 e. The Morgan fingerprint density at radius 2 is 1.17 bits per heavy atom. The fourth-order valence-electron chi connectivity index (χ4n) is 4.05. The van der Waals surface area contributed by atoms with E-state index in [1.54, 1.807) is 0 Å². The second-order valence-electron chi connectivity index (χ2n) is 8.07. The first kappa shape index (κ1) is 28.7. The van der Waals surface area contributed by atoms with Crippen molar-refractivity contribution in [2.24, 2.45) is 11.7 Å². The monoisotopic (exact) mass is 517 g/mol. The second-order valence-corrected chi connectivity index (χ2v) is 8.07. The Morgan fingerprint density at radius 3 is 1.57 bits per heavy atom. The lowest BCUT2D eigenvalue weighted by atomic mass is 9.79. The van der Waals surface area contributed by atoms with E-state index in [1.807, 2.05) is 60.7 Å². The summed E-state index contributed by atoms with van der Waals surface area (Å²) >= 11 is 0. The molecule has 0 saturated heterocycles. The van der Waals surface area contributed by atoms with Gasteiger partial charge in [0, 0.05) is 5.92 Å². The fourth-order valence-corrected chi connectivity index (χ4v) is 4.05. The highest BCUT2D eigenvalue weighted by molar-refractivity contribution is 5.85. The van der Waals surface area contributed by atoms with Crippen molar-refractivity contribution in [3.63, 3.8) is 0 Å². The van der Waals surface area contributed by atoms with Crippen LogP contribution in [-0.4, -0.2) is 13.2 Å². The van der Waals surface area contributed by atoms with Crippen LogP contribution in [0.4, 0.5) is 26.3 Å². The molecule has 9 heteroatoms. The van der Waals surface area contributed by atoms with E-state index >= 15 is 0 Å². The molecule has 3 rings (SSSR count). The molecule has 1 atom stereocenters. The van der Waals surface area contributed by atoms with Crippen molar-refractivity contribution in [2.45, 2.75) is 31.3 Å². The Hall–Kier alpha value is -2.55. The Kier molecular flexibility index (Phi) is 10.2. The van der Waals surface area contributed by atoms with Crippen LogP contribution in [0.15, 0.2) is 78.9 Å². The molecule has 2 N–H and O–H groups in total. The lowest BCUT2D eigenvalue weighted by molar-refractivity contribution is -0.143. The maximum atomic E-state index is 13.1. The Balaban J connectivity index is 0.00000432. The van der Waals surface area contributed by atoms with Crippen molar-refractivity contribution in [2.75, 3.05) is 13.2 Å². The van der Waals surface area contributed by atoms with Crippen LogP contribution in [-0.2, 0) is 23.7 Å².